The molecule has 4 heteroatoms. The molecule has 0 saturated carbocycles. The van der Waals surface area contributed by atoms with Crippen LogP contribution in [0.25, 0.3) is 0 Å². The Morgan fingerprint density at radius 3 is 2.37 bits per heavy atom. The summed E-state index contributed by atoms with van der Waals surface area (Å²) in [6.07, 6.45) is -0.338. The van der Waals surface area contributed by atoms with Gasteiger partial charge in [-0.2, -0.15) is 0 Å². The Bertz CT molecular complexity index is 444. The first-order valence-electron chi connectivity index (χ1n) is 6.57. The van der Waals surface area contributed by atoms with Gasteiger partial charge in [-0.05, 0) is 5.56 Å². The number of ketones is 1. The molecule has 19 heavy (non-hydrogen) atoms. The SMILES string of the molecule is CC1CN(C(=O)OCc2ccccc2)C[C@@H](C)C1=O. The van der Waals surface area contributed by atoms with Crippen molar-refractivity contribution in [1.82, 2.24) is 4.90 Å². The van der Waals surface area contributed by atoms with Crippen molar-refractivity contribution in [2.24, 2.45) is 11.8 Å². The van der Waals surface area contributed by atoms with Gasteiger partial charge in [0.2, 0.25) is 0 Å². The molecule has 1 aliphatic heterocycles. The molecular weight excluding hydrogens is 242 g/mol. The minimum absolute atomic E-state index is 0.104. The summed E-state index contributed by atoms with van der Waals surface area (Å²) in [5.41, 5.74) is 0.963. The molecule has 0 aliphatic carbocycles. The minimum Gasteiger partial charge on any atom is -0.445 e. The molecule has 0 N–H and O–H groups in total. The van der Waals surface area contributed by atoms with Crippen LogP contribution < -0.4 is 0 Å². The van der Waals surface area contributed by atoms with Crippen molar-refractivity contribution < 1.29 is 14.3 Å². The van der Waals surface area contributed by atoms with Gasteiger partial charge in [0.1, 0.15) is 12.4 Å². The number of piperidine rings is 1. The number of carbonyl (C=O) groups excluding carboxylic acids is 2. The summed E-state index contributed by atoms with van der Waals surface area (Å²) >= 11 is 0. The lowest BCUT2D eigenvalue weighted by Crippen LogP contribution is -2.47. The molecule has 1 aromatic carbocycles. The second-order valence-corrected chi connectivity index (χ2v) is 5.15. The fourth-order valence-electron chi connectivity index (χ4n) is 2.36. The fraction of sp³-hybridized carbons (Fsp3) is 0.467. The highest BCUT2D eigenvalue weighted by atomic mass is 16.6. The summed E-state index contributed by atoms with van der Waals surface area (Å²) < 4.78 is 5.28. The first-order valence-corrected chi connectivity index (χ1v) is 6.57. The van der Waals surface area contributed by atoms with Crippen LogP contribution in [0.5, 0.6) is 0 Å². The molecular formula is C15H19NO3. The van der Waals surface area contributed by atoms with Crippen LogP contribution in [0.2, 0.25) is 0 Å². The lowest BCUT2D eigenvalue weighted by Gasteiger charge is -2.33. The number of hydrogen-bond acceptors (Lipinski definition) is 3. The maximum atomic E-state index is 12.0. The predicted octanol–water partition coefficient (Wildman–Crippen LogP) is 2.48. The van der Waals surface area contributed by atoms with E-state index in [0.717, 1.165) is 5.56 Å². The molecule has 0 bridgehead atoms. The Morgan fingerprint density at radius 1 is 1.21 bits per heavy atom. The number of hydrogen-bond donors (Lipinski definition) is 0. The molecule has 1 fully saturated rings. The summed E-state index contributed by atoms with van der Waals surface area (Å²) in [6.45, 7) is 4.89. The van der Waals surface area contributed by atoms with Crippen molar-refractivity contribution >= 4 is 11.9 Å². The number of likely N-dealkylation sites (tertiary alicyclic amines) is 1. The zero-order valence-electron chi connectivity index (χ0n) is 11.3. The van der Waals surface area contributed by atoms with E-state index in [9.17, 15) is 9.59 Å². The van der Waals surface area contributed by atoms with Crippen molar-refractivity contribution in [2.45, 2.75) is 20.5 Å². The topological polar surface area (TPSA) is 46.6 Å². The molecule has 1 aromatic rings. The standard InChI is InChI=1S/C15H19NO3/c1-11-8-16(9-12(2)14(11)17)15(18)19-10-13-6-4-3-5-7-13/h3-7,11-12H,8-10H2,1-2H3/t11-,12?/m1/s1. The van der Waals surface area contributed by atoms with Gasteiger partial charge >= 0.3 is 6.09 Å². The van der Waals surface area contributed by atoms with E-state index in [-0.39, 0.29) is 30.3 Å². The highest BCUT2D eigenvalue weighted by molar-refractivity contribution is 5.85. The maximum Gasteiger partial charge on any atom is 0.410 e. The van der Waals surface area contributed by atoms with Gasteiger partial charge in [0.05, 0.1) is 0 Å². The van der Waals surface area contributed by atoms with E-state index >= 15 is 0 Å². The summed E-state index contributed by atoms with van der Waals surface area (Å²) in [5.74, 6) is 0.0214. The number of nitrogens with zero attached hydrogens (tertiary/aromatic N) is 1. The zero-order valence-corrected chi connectivity index (χ0v) is 11.3. The van der Waals surface area contributed by atoms with Crippen molar-refractivity contribution in [2.75, 3.05) is 13.1 Å². The van der Waals surface area contributed by atoms with Gasteiger partial charge in [0, 0.05) is 24.9 Å². The van der Waals surface area contributed by atoms with Crippen LogP contribution >= 0.6 is 0 Å². The van der Waals surface area contributed by atoms with Crippen LogP contribution in [0.1, 0.15) is 19.4 Å². The van der Waals surface area contributed by atoms with Gasteiger partial charge in [0.25, 0.3) is 0 Å². The van der Waals surface area contributed by atoms with Crippen molar-refractivity contribution in [3.63, 3.8) is 0 Å². The normalized spacial score (nSPS) is 23.3. The van der Waals surface area contributed by atoms with E-state index in [2.05, 4.69) is 0 Å². The molecule has 2 atom stereocenters. The molecule has 2 rings (SSSR count). The van der Waals surface area contributed by atoms with E-state index in [1.807, 2.05) is 44.2 Å². The third-order valence-electron chi connectivity index (χ3n) is 3.42. The van der Waals surface area contributed by atoms with E-state index in [0.29, 0.717) is 13.1 Å². The van der Waals surface area contributed by atoms with Gasteiger partial charge < -0.3 is 9.64 Å². The first kappa shape index (κ1) is 13.6. The lowest BCUT2D eigenvalue weighted by atomic mass is 9.90. The molecule has 102 valence electrons. The van der Waals surface area contributed by atoms with Crippen LogP contribution in [-0.4, -0.2) is 29.9 Å². The lowest BCUT2D eigenvalue weighted by molar-refractivity contribution is -0.129. The number of rotatable bonds is 2. The molecule has 1 heterocycles. The second kappa shape index (κ2) is 5.87. The van der Waals surface area contributed by atoms with Gasteiger partial charge in [-0.15, -0.1) is 0 Å². The molecule has 1 aliphatic rings. The molecule has 4 nitrogen and oxygen atoms in total. The Balaban J connectivity index is 1.88. The van der Waals surface area contributed by atoms with E-state index in [1.165, 1.54) is 0 Å². The molecule has 1 unspecified atom stereocenters. The number of amides is 1. The van der Waals surface area contributed by atoms with Crippen LogP contribution in [0, 0.1) is 11.8 Å². The largest absolute Gasteiger partial charge is 0.445 e. The van der Waals surface area contributed by atoms with Crippen LogP contribution in [-0.2, 0) is 16.1 Å². The third-order valence-corrected chi connectivity index (χ3v) is 3.42. The highest BCUT2D eigenvalue weighted by Gasteiger charge is 2.32. The monoisotopic (exact) mass is 261 g/mol. The van der Waals surface area contributed by atoms with Crippen molar-refractivity contribution in [1.29, 1.82) is 0 Å². The van der Waals surface area contributed by atoms with Crippen molar-refractivity contribution in [3.05, 3.63) is 35.9 Å². The zero-order chi connectivity index (χ0) is 13.8. The van der Waals surface area contributed by atoms with Crippen molar-refractivity contribution in [3.8, 4) is 0 Å². The summed E-state index contributed by atoms with van der Waals surface area (Å²) in [5, 5.41) is 0. The Labute approximate surface area is 113 Å². The first-order chi connectivity index (χ1) is 9.08. The van der Waals surface area contributed by atoms with Crippen LogP contribution in [0.15, 0.2) is 30.3 Å². The van der Waals surface area contributed by atoms with E-state index in [1.54, 1.807) is 4.90 Å². The number of benzene rings is 1. The molecule has 0 radical (unpaired) electrons. The molecule has 1 saturated heterocycles. The van der Waals surface area contributed by atoms with E-state index in [4.69, 9.17) is 4.74 Å². The van der Waals surface area contributed by atoms with Crippen LogP contribution in [0.4, 0.5) is 4.79 Å². The quantitative estimate of drug-likeness (QED) is 0.821. The number of ether oxygens (including phenoxy) is 1. The fourth-order valence-corrected chi connectivity index (χ4v) is 2.36. The Kier molecular flexibility index (Phi) is 4.20. The number of carbonyl (C=O) groups is 2. The third kappa shape index (κ3) is 3.34. The van der Waals surface area contributed by atoms with Gasteiger partial charge in [-0.1, -0.05) is 44.2 Å². The van der Waals surface area contributed by atoms with E-state index < -0.39 is 0 Å². The Hall–Kier alpha value is -1.84. The summed E-state index contributed by atoms with van der Waals surface area (Å²) in [7, 11) is 0. The molecule has 0 aromatic heterocycles. The smallest absolute Gasteiger partial charge is 0.410 e. The highest BCUT2D eigenvalue weighted by Crippen LogP contribution is 2.18. The summed E-state index contributed by atoms with van der Waals surface area (Å²) in [4.78, 5) is 25.3. The van der Waals surface area contributed by atoms with Gasteiger partial charge in [0.15, 0.2) is 0 Å². The maximum absolute atomic E-state index is 12.0. The predicted molar refractivity (Wildman–Crippen MR) is 71.5 cm³/mol. The van der Waals surface area contributed by atoms with Crippen LogP contribution in [0.3, 0.4) is 0 Å². The Morgan fingerprint density at radius 2 is 1.79 bits per heavy atom. The average Bonchev–Trinajstić information content (AvgIpc) is 2.42. The summed E-state index contributed by atoms with van der Waals surface area (Å²) in [6, 6.07) is 9.57. The van der Waals surface area contributed by atoms with Gasteiger partial charge in [-0.25, -0.2) is 4.79 Å². The second-order valence-electron chi connectivity index (χ2n) is 5.15. The molecule has 1 amide bonds. The van der Waals surface area contributed by atoms with Gasteiger partial charge in [-0.3, -0.25) is 4.79 Å². The minimum atomic E-state index is -0.338. The number of Topliss-reactive ketones (excluding diaryl/α,β-unsaturated/α-hetero) is 1. The molecule has 0 spiro atoms. The average molecular weight is 261 g/mol.